The van der Waals surface area contributed by atoms with E-state index in [1.807, 2.05) is 11.9 Å². The second-order valence-electron chi connectivity index (χ2n) is 7.86. The van der Waals surface area contributed by atoms with Crippen molar-refractivity contribution in [3.63, 3.8) is 0 Å². The van der Waals surface area contributed by atoms with E-state index in [1.54, 1.807) is 0 Å². The summed E-state index contributed by atoms with van der Waals surface area (Å²) in [4.78, 5) is 1.84. The zero-order valence-corrected chi connectivity index (χ0v) is 17.8. The molecule has 0 aliphatic carbocycles. The van der Waals surface area contributed by atoms with Crippen LogP contribution in [-0.4, -0.2) is 40.8 Å². The summed E-state index contributed by atoms with van der Waals surface area (Å²) >= 11 is 0. The lowest BCUT2D eigenvalue weighted by Crippen LogP contribution is -2.72. The molecule has 1 aromatic rings. The molecule has 1 rings (SSSR count). The van der Waals surface area contributed by atoms with Crippen molar-refractivity contribution in [2.75, 3.05) is 0 Å². The Labute approximate surface area is 189 Å². The Hall–Kier alpha value is -1.77. The Bertz CT molecular complexity index is 822. The van der Waals surface area contributed by atoms with E-state index in [2.05, 4.69) is 0 Å². The third kappa shape index (κ3) is 5.07. The molecule has 0 aliphatic rings. The summed E-state index contributed by atoms with van der Waals surface area (Å²) in [6, 6.07) is 0. The summed E-state index contributed by atoms with van der Waals surface area (Å²) in [7, 11) is 0. The van der Waals surface area contributed by atoms with Crippen LogP contribution >= 0.6 is 0 Å². The van der Waals surface area contributed by atoms with Crippen LogP contribution in [0.15, 0.2) is 12.4 Å². The quantitative estimate of drug-likeness (QED) is 0.188. The van der Waals surface area contributed by atoms with Crippen molar-refractivity contribution < 1.29 is 65.9 Å². The first-order chi connectivity index (χ1) is 15.6. The number of aromatic nitrogens is 1. The highest BCUT2D eigenvalue weighted by Crippen LogP contribution is 2.63. The minimum atomic E-state index is -8.28. The average molecular weight is 547 g/mol. The van der Waals surface area contributed by atoms with E-state index in [4.69, 9.17) is 0 Å². The molecule has 0 saturated heterocycles. The Morgan fingerprint density at radius 1 is 0.543 bits per heavy atom. The van der Waals surface area contributed by atoms with E-state index < -0.39 is 59.3 Å². The predicted octanol–water partition coefficient (Wildman–Crippen LogP) is 8.75. The van der Waals surface area contributed by atoms with Gasteiger partial charge in [0.25, 0.3) is 0 Å². The fourth-order valence-electron chi connectivity index (χ4n) is 3.13. The number of nitrogens with one attached hydrogen (secondary N) is 1. The molecule has 16 heteroatoms. The smallest absolute Gasteiger partial charge is 0.367 e. The topological polar surface area (TPSA) is 15.8 Å². The maximum Gasteiger partial charge on any atom is 0.460 e. The molecule has 0 unspecified atom stereocenters. The number of halogens is 15. The van der Waals surface area contributed by atoms with Gasteiger partial charge in [-0.15, -0.1) is 0 Å². The molecule has 0 saturated carbocycles. The second-order valence-corrected chi connectivity index (χ2v) is 7.86. The SMILES string of the molecule is CCCCCCCCc1c[nH]cc1C(F)(F)C(F)(F)C(F)(F)C(F)(F)C(F)(F)C(F)(F)C(F)(F)F. The third-order valence-corrected chi connectivity index (χ3v) is 5.30. The van der Waals surface area contributed by atoms with Crippen molar-refractivity contribution in [1.82, 2.24) is 4.98 Å². The number of hydrogen-bond donors (Lipinski definition) is 1. The highest BCUT2D eigenvalue weighted by atomic mass is 19.4. The van der Waals surface area contributed by atoms with Gasteiger partial charge in [0, 0.05) is 18.0 Å². The minimum absolute atomic E-state index is 0.0169. The fourth-order valence-corrected chi connectivity index (χ4v) is 3.13. The van der Waals surface area contributed by atoms with Crippen LogP contribution in [0.1, 0.15) is 56.6 Å². The predicted molar refractivity (Wildman–Crippen MR) is 92.6 cm³/mol. The van der Waals surface area contributed by atoms with Crippen molar-refractivity contribution in [3.05, 3.63) is 23.5 Å². The molecule has 0 bridgehead atoms. The van der Waals surface area contributed by atoms with Gasteiger partial charge >= 0.3 is 41.7 Å². The summed E-state index contributed by atoms with van der Waals surface area (Å²) in [5.74, 6) is -46.5. The highest BCUT2D eigenvalue weighted by molar-refractivity contribution is 5.32. The van der Waals surface area contributed by atoms with E-state index in [0.717, 1.165) is 19.3 Å². The van der Waals surface area contributed by atoms with E-state index in [1.165, 1.54) is 0 Å². The molecule has 0 spiro atoms. The molecule has 206 valence electrons. The molecule has 0 atom stereocenters. The second kappa shape index (κ2) is 9.94. The lowest BCUT2D eigenvalue weighted by Gasteiger charge is -2.41. The Morgan fingerprint density at radius 2 is 0.971 bits per heavy atom. The fraction of sp³-hybridized carbons (Fsp3) is 0.789. The molecular weight excluding hydrogens is 527 g/mol. The number of aromatic amines is 1. The van der Waals surface area contributed by atoms with Gasteiger partial charge in [-0.3, -0.25) is 0 Å². The van der Waals surface area contributed by atoms with Crippen LogP contribution < -0.4 is 0 Å². The van der Waals surface area contributed by atoms with Gasteiger partial charge in [-0.2, -0.15) is 65.9 Å². The maximum atomic E-state index is 14.4. The average Bonchev–Trinajstić information content (AvgIpc) is 3.18. The first-order valence-electron chi connectivity index (χ1n) is 10.1. The normalized spacial score (nSPS) is 15.1. The maximum absolute atomic E-state index is 14.4. The zero-order valence-electron chi connectivity index (χ0n) is 17.8. The number of unbranched alkanes of at least 4 members (excludes halogenated alkanes) is 5. The first-order valence-corrected chi connectivity index (χ1v) is 10.1. The number of aryl methyl sites for hydroxylation is 1. The number of H-pyrrole nitrogens is 1. The molecule has 0 aromatic carbocycles. The van der Waals surface area contributed by atoms with E-state index in [0.29, 0.717) is 19.0 Å². The third-order valence-electron chi connectivity index (χ3n) is 5.30. The van der Waals surface area contributed by atoms with Crippen LogP contribution in [0.4, 0.5) is 65.9 Å². The molecular formula is C19H20F15N. The molecule has 0 aliphatic heterocycles. The largest absolute Gasteiger partial charge is 0.460 e. The molecule has 35 heavy (non-hydrogen) atoms. The first kappa shape index (κ1) is 31.3. The van der Waals surface area contributed by atoms with Gasteiger partial charge in [0.05, 0.1) is 0 Å². The number of hydrogen-bond acceptors (Lipinski definition) is 0. The van der Waals surface area contributed by atoms with Crippen molar-refractivity contribution >= 4 is 0 Å². The van der Waals surface area contributed by atoms with E-state index >= 15 is 0 Å². The van der Waals surface area contributed by atoms with Crippen LogP contribution in [0.2, 0.25) is 0 Å². The lowest BCUT2D eigenvalue weighted by molar-refractivity contribution is -0.453. The van der Waals surface area contributed by atoms with Gasteiger partial charge < -0.3 is 4.98 Å². The van der Waals surface area contributed by atoms with Crippen molar-refractivity contribution in [2.24, 2.45) is 0 Å². The van der Waals surface area contributed by atoms with Gasteiger partial charge in [0.1, 0.15) is 0 Å². The van der Waals surface area contributed by atoms with Gasteiger partial charge in [-0.1, -0.05) is 39.0 Å². The number of alkyl halides is 15. The van der Waals surface area contributed by atoms with E-state index in [-0.39, 0.29) is 12.6 Å². The van der Waals surface area contributed by atoms with Crippen molar-refractivity contribution in [1.29, 1.82) is 0 Å². The lowest BCUT2D eigenvalue weighted by atomic mass is 9.88. The van der Waals surface area contributed by atoms with Crippen LogP contribution in [-0.2, 0) is 12.3 Å². The van der Waals surface area contributed by atoms with Crippen LogP contribution in [0.25, 0.3) is 0 Å². The minimum Gasteiger partial charge on any atom is -0.367 e. The van der Waals surface area contributed by atoms with E-state index in [9.17, 15) is 65.9 Å². The molecule has 0 amide bonds. The molecule has 1 heterocycles. The molecule has 0 radical (unpaired) electrons. The summed E-state index contributed by atoms with van der Waals surface area (Å²) in [6.07, 6.45) is -4.12. The molecule has 1 nitrogen and oxygen atoms in total. The van der Waals surface area contributed by atoms with Crippen molar-refractivity contribution in [3.8, 4) is 0 Å². The highest BCUT2D eigenvalue weighted by Gasteiger charge is 2.93. The Balaban J connectivity index is 3.36. The van der Waals surface area contributed by atoms with Crippen LogP contribution in [0, 0.1) is 0 Å². The van der Waals surface area contributed by atoms with Crippen LogP contribution in [0.3, 0.4) is 0 Å². The summed E-state index contributed by atoms with van der Waals surface area (Å²) in [5.41, 5.74) is -2.82. The van der Waals surface area contributed by atoms with Crippen molar-refractivity contribution in [2.45, 2.75) is 93.6 Å². The van der Waals surface area contributed by atoms with Gasteiger partial charge in [0.15, 0.2) is 0 Å². The Morgan fingerprint density at radius 3 is 1.46 bits per heavy atom. The molecule has 1 aromatic heterocycles. The number of rotatable bonds is 13. The zero-order chi connectivity index (χ0) is 27.7. The summed E-state index contributed by atoms with van der Waals surface area (Å²) in [6.45, 7) is 1.88. The summed E-state index contributed by atoms with van der Waals surface area (Å²) in [5, 5.41) is 0. The standard InChI is InChI=1S/C19H20F15N/c1-2-3-4-5-6-7-8-11-9-35-10-12(11)13(20,21)14(22,23)15(24,25)16(26,27)17(28,29)18(30,31)19(32,33)34/h9-10,35H,2-8H2,1H3. The summed E-state index contributed by atoms with van der Waals surface area (Å²) < 4.78 is 201. The molecule has 0 fully saturated rings. The Kier molecular flexibility index (Phi) is 8.88. The molecule has 1 N–H and O–H groups in total. The monoisotopic (exact) mass is 547 g/mol. The van der Waals surface area contributed by atoms with Crippen LogP contribution in [0.5, 0.6) is 0 Å². The van der Waals surface area contributed by atoms with Gasteiger partial charge in [-0.25, -0.2) is 0 Å². The van der Waals surface area contributed by atoms with Gasteiger partial charge in [0.2, 0.25) is 0 Å². The van der Waals surface area contributed by atoms with Gasteiger partial charge in [-0.05, 0) is 18.4 Å².